The van der Waals surface area contributed by atoms with Gasteiger partial charge in [-0.05, 0) is 32.7 Å². The largest absolute Gasteiger partial charge is 0.349 e. The smallest absolute Gasteiger partial charge is 0.240 e. The Morgan fingerprint density at radius 3 is 2.87 bits per heavy atom. The zero-order valence-corrected chi connectivity index (χ0v) is 14.7. The van der Waals surface area contributed by atoms with Gasteiger partial charge in [-0.1, -0.05) is 13.3 Å². The second kappa shape index (κ2) is 7.70. The summed E-state index contributed by atoms with van der Waals surface area (Å²) in [4.78, 5) is 20.2. The number of hydrogen-bond acceptors (Lipinski definition) is 6. The molecule has 2 aliphatic rings. The van der Waals surface area contributed by atoms with Crippen molar-refractivity contribution in [3.63, 3.8) is 0 Å². The third-order valence-corrected chi connectivity index (χ3v) is 5.38. The number of aryl methyl sites for hydroxylation is 2. The Kier molecular flexibility index (Phi) is 5.63. The van der Waals surface area contributed by atoms with Gasteiger partial charge in [-0.2, -0.15) is 0 Å². The highest BCUT2D eigenvalue weighted by molar-refractivity contribution is 7.15. The maximum Gasteiger partial charge on any atom is 0.240 e. The molecule has 6 nitrogen and oxygen atoms in total. The Labute approximate surface area is 141 Å². The van der Waals surface area contributed by atoms with Crippen LogP contribution in [0.2, 0.25) is 0 Å². The zero-order chi connectivity index (χ0) is 16.2. The van der Waals surface area contributed by atoms with E-state index in [1.807, 2.05) is 6.92 Å². The molecule has 0 aliphatic carbocycles. The quantitative estimate of drug-likeness (QED) is 0.891. The van der Waals surface area contributed by atoms with E-state index in [4.69, 9.17) is 9.47 Å². The first-order valence-corrected chi connectivity index (χ1v) is 9.22. The van der Waals surface area contributed by atoms with Crippen LogP contribution in [0.25, 0.3) is 0 Å². The fourth-order valence-corrected chi connectivity index (χ4v) is 4.19. The van der Waals surface area contributed by atoms with Gasteiger partial charge >= 0.3 is 0 Å². The third kappa shape index (κ3) is 4.09. The van der Waals surface area contributed by atoms with E-state index in [0.717, 1.165) is 37.9 Å². The molecule has 3 heterocycles. The van der Waals surface area contributed by atoms with Gasteiger partial charge in [-0.15, -0.1) is 11.3 Å². The van der Waals surface area contributed by atoms with Gasteiger partial charge in [0.05, 0.1) is 31.5 Å². The van der Waals surface area contributed by atoms with Gasteiger partial charge < -0.3 is 14.8 Å². The molecule has 2 aliphatic heterocycles. The van der Waals surface area contributed by atoms with Crippen molar-refractivity contribution in [2.75, 3.05) is 31.6 Å². The third-order valence-electron chi connectivity index (χ3n) is 4.45. The predicted molar refractivity (Wildman–Crippen MR) is 89.8 cm³/mol. The molecule has 0 unspecified atom stereocenters. The Balaban J connectivity index is 1.58. The maximum atomic E-state index is 12.4. The minimum atomic E-state index is -0.183. The van der Waals surface area contributed by atoms with Crippen LogP contribution in [0.1, 0.15) is 36.8 Å². The highest BCUT2D eigenvalue weighted by atomic mass is 32.1. The Hall–Kier alpha value is -1.02. The van der Waals surface area contributed by atoms with Gasteiger partial charge in [0.15, 0.2) is 11.4 Å². The van der Waals surface area contributed by atoms with Crippen LogP contribution in [0, 0.1) is 6.92 Å². The summed E-state index contributed by atoms with van der Waals surface area (Å²) in [6.07, 6.45) is 4.01. The number of likely N-dealkylation sites (tertiary alicyclic amines) is 1. The summed E-state index contributed by atoms with van der Waals surface area (Å²) in [6.45, 7) is 6.71. The van der Waals surface area contributed by atoms with Crippen LogP contribution in [0.5, 0.6) is 0 Å². The number of carbonyl (C=O) groups excluding carboxylic acids is 1. The van der Waals surface area contributed by atoms with E-state index in [9.17, 15) is 4.79 Å². The van der Waals surface area contributed by atoms with E-state index >= 15 is 0 Å². The normalized spacial score (nSPS) is 23.3. The topological polar surface area (TPSA) is 63.7 Å². The molecule has 1 N–H and O–H groups in total. The standard InChI is InChI=1S/C16H25N3O3S/c1-3-12-11(2)23-16(17-12)18-14(20)10-19-7-5-4-6-13(19)15-21-8-9-22-15/h13,15H,3-10H2,1-2H3,(H,17,18,20)/t13-/m0/s1. The number of rotatable bonds is 5. The summed E-state index contributed by atoms with van der Waals surface area (Å²) < 4.78 is 11.3. The molecule has 1 amide bonds. The van der Waals surface area contributed by atoms with E-state index in [-0.39, 0.29) is 18.2 Å². The molecule has 2 saturated heterocycles. The van der Waals surface area contributed by atoms with Crippen LogP contribution in [0.3, 0.4) is 0 Å². The first kappa shape index (κ1) is 16.8. The van der Waals surface area contributed by atoms with E-state index in [0.29, 0.717) is 24.9 Å². The molecule has 0 spiro atoms. The summed E-state index contributed by atoms with van der Waals surface area (Å²) in [5.74, 6) is -0.00806. The lowest BCUT2D eigenvalue weighted by Crippen LogP contribution is -2.50. The molecule has 0 aromatic carbocycles. The fourth-order valence-electron chi connectivity index (χ4n) is 3.27. The molecular formula is C16H25N3O3S. The second-order valence-electron chi connectivity index (χ2n) is 6.07. The molecular weight excluding hydrogens is 314 g/mol. The van der Waals surface area contributed by atoms with Gasteiger partial charge in [-0.3, -0.25) is 9.69 Å². The van der Waals surface area contributed by atoms with Crippen LogP contribution in [0.15, 0.2) is 0 Å². The van der Waals surface area contributed by atoms with Crippen molar-refractivity contribution in [3.05, 3.63) is 10.6 Å². The highest BCUT2D eigenvalue weighted by Crippen LogP contribution is 2.25. The summed E-state index contributed by atoms with van der Waals surface area (Å²) in [5, 5.41) is 3.64. The molecule has 1 atom stereocenters. The highest BCUT2D eigenvalue weighted by Gasteiger charge is 2.34. The van der Waals surface area contributed by atoms with Crippen molar-refractivity contribution < 1.29 is 14.3 Å². The van der Waals surface area contributed by atoms with E-state index in [2.05, 4.69) is 22.1 Å². The maximum absolute atomic E-state index is 12.4. The second-order valence-corrected chi connectivity index (χ2v) is 7.27. The van der Waals surface area contributed by atoms with Gasteiger partial charge in [0.1, 0.15) is 0 Å². The molecule has 1 aromatic rings. The number of nitrogens with zero attached hydrogens (tertiary/aromatic N) is 2. The fraction of sp³-hybridized carbons (Fsp3) is 0.750. The van der Waals surface area contributed by atoms with E-state index < -0.39 is 0 Å². The predicted octanol–water partition coefficient (Wildman–Crippen LogP) is 2.18. The molecule has 0 radical (unpaired) electrons. The Morgan fingerprint density at radius 2 is 2.17 bits per heavy atom. The average Bonchev–Trinajstić information content (AvgIpc) is 3.17. The molecule has 2 fully saturated rings. The van der Waals surface area contributed by atoms with Crippen molar-refractivity contribution in [1.82, 2.24) is 9.88 Å². The van der Waals surface area contributed by atoms with Crippen LogP contribution in [0.4, 0.5) is 5.13 Å². The number of carbonyl (C=O) groups is 1. The molecule has 23 heavy (non-hydrogen) atoms. The van der Waals surface area contributed by atoms with Gasteiger partial charge in [0, 0.05) is 4.88 Å². The van der Waals surface area contributed by atoms with Gasteiger partial charge in [0.25, 0.3) is 0 Å². The number of aromatic nitrogens is 1. The summed E-state index contributed by atoms with van der Waals surface area (Å²) in [6, 6.07) is 0.182. The van der Waals surface area contributed by atoms with Gasteiger partial charge in [0.2, 0.25) is 5.91 Å². The average molecular weight is 339 g/mol. The van der Waals surface area contributed by atoms with E-state index in [1.165, 1.54) is 4.88 Å². The number of hydrogen-bond donors (Lipinski definition) is 1. The van der Waals surface area contributed by atoms with Crippen LogP contribution in [-0.2, 0) is 20.7 Å². The Bertz CT molecular complexity index is 543. The molecule has 0 bridgehead atoms. The van der Waals surface area contributed by atoms with Gasteiger partial charge in [-0.25, -0.2) is 4.98 Å². The van der Waals surface area contributed by atoms with Crippen molar-refractivity contribution in [2.24, 2.45) is 0 Å². The lowest BCUT2D eigenvalue weighted by atomic mass is 10.0. The number of piperidine rings is 1. The minimum absolute atomic E-state index is 0.00806. The number of anilines is 1. The summed E-state index contributed by atoms with van der Waals surface area (Å²) in [5.41, 5.74) is 1.06. The van der Waals surface area contributed by atoms with Crippen molar-refractivity contribution in [1.29, 1.82) is 0 Å². The first-order valence-electron chi connectivity index (χ1n) is 8.40. The van der Waals surface area contributed by atoms with Crippen molar-refractivity contribution in [2.45, 2.75) is 51.9 Å². The van der Waals surface area contributed by atoms with Crippen LogP contribution < -0.4 is 5.32 Å². The monoisotopic (exact) mass is 339 g/mol. The molecule has 7 heteroatoms. The molecule has 128 valence electrons. The number of amides is 1. The molecule has 3 rings (SSSR count). The lowest BCUT2D eigenvalue weighted by Gasteiger charge is -2.37. The van der Waals surface area contributed by atoms with E-state index in [1.54, 1.807) is 11.3 Å². The summed E-state index contributed by atoms with van der Waals surface area (Å²) >= 11 is 1.54. The number of thiazole rings is 1. The number of ether oxygens (including phenoxy) is 2. The van der Waals surface area contributed by atoms with Crippen molar-refractivity contribution >= 4 is 22.4 Å². The Morgan fingerprint density at radius 1 is 1.39 bits per heavy atom. The molecule has 1 aromatic heterocycles. The zero-order valence-electron chi connectivity index (χ0n) is 13.8. The SMILES string of the molecule is CCc1nc(NC(=O)CN2CCCC[C@H]2C2OCCO2)sc1C. The first-order chi connectivity index (χ1) is 11.2. The van der Waals surface area contributed by atoms with Crippen LogP contribution in [-0.4, -0.2) is 54.4 Å². The summed E-state index contributed by atoms with van der Waals surface area (Å²) in [7, 11) is 0. The molecule has 0 saturated carbocycles. The minimum Gasteiger partial charge on any atom is -0.349 e. The van der Waals surface area contributed by atoms with Crippen LogP contribution >= 0.6 is 11.3 Å². The lowest BCUT2D eigenvalue weighted by molar-refractivity contribution is -0.127. The number of nitrogens with one attached hydrogen (secondary N) is 1. The van der Waals surface area contributed by atoms with Crippen molar-refractivity contribution in [3.8, 4) is 0 Å².